The van der Waals surface area contributed by atoms with Crippen LogP contribution in [-0.2, 0) is 4.74 Å². The molecule has 1 saturated heterocycles. The Bertz CT molecular complexity index is 209. The molecule has 1 rings (SSSR count). The lowest BCUT2D eigenvalue weighted by Gasteiger charge is -2.35. The third kappa shape index (κ3) is 5.62. The largest absolute Gasteiger partial charge is 0.381 e. The summed E-state index contributed by atoms with van der Waals surface area (Å²) >= 11 is 4.50. The predicted molar refractivity (Wildman–Crippen MR) is 77.8 cm³/mol. The Labute approximate surface area is 113 Å². The van der Waals surface area contributed by atoms with Crippen molar-refractivity contribution in [3.63, 3.8) is 0 Å². The predicted octanol–water partition coefficient (Wildman–Crippen LogP) is 2.94. The number of ether oxygens (including phenoxy) is 1. The third-order valence-corrected chi connectivity index (χ3v) is 4.24. The summed E-state index contributed by atoms with van der Waals surface area (Å²) < 4.78 is 5.54. The van der Waals surface area contributed by atoms with Crippen LogP contribution in [0.5, 0.6) is 0 Å². The van der Waals surface area contributed by atoms with Crippen LogP contribution >= 0.6 is 12.6 Å². The van der Waals surface area contributed by atoms with Gasteiger partial charge in [-0.25, -0.2) is 0 Å². The Morgan fingerprint density at radius 2 is 2.12 bits per heavy atom. The second-order valence-electron chi connectivity index (χ2n) is 6.55. The minimum absolute atomic E-state index is 0.346. The lowest BCUT2D eigenvalue weighted by atomic mass is 9.81. The highest BCUT2D eigenvalue weighted by Gasteiger charge is 2.25. The minimum atomic E-state index is 0.346. The third-order valence-electron chi connectivity index (χ3n) is 3.80. The fourth-order valence-electron chi connectivity index (χ4n) is 2.45. The summed E-state index contributed by atoms with van der Waals surface area (Å²) in [4.78, 5) is 2.46. The van der Waals surface area contributed by atoms with Crippen molar-refractivity contribution in [1.29, 1.82) is 0 Å². The first kappa shape index (κ1) is 15.3. The number of rotatable bonds is 5. The van der Waals surface area contributed by atoms with E-state index in [0.717, 1.165) is 31.4 Å². The summed E-state index contributed by atoms with van der Waals surface area (Å²) in [7, 11) is 2.23. The molecule has 0 saturated carbocycles. The van der Waals surface area contributed by atoms with Gasteiger partial charge in [0.25, 0.3) is 0 Å². The zero-order valence-corrected chi connectivity index (χ0v) is 12.8. The normalized spacial score (nSPS) is 24.0. The van der Waals surface area contributed by atoms with E-state index in [1.165, 1.54) is 19.4 Å². The topological polar surface area (TPSA) is 12.5 Å². The lowest BCUT2D eigenvalue weighted by Crippen LogP contribution is -2.38. The summed E-state index contributed by atoms with van der Waals surface area (Å²) in [5, 5.41) is 0. The van der Waals surface area contributed by atoms with Gasteiger partial charge >= 0.3 is 0 Å². The highest BCUT2D eigenvalue weighted by atomic mass is 32.1. The standard InChI is InChI=1S/C14H29NOS/c1-14(2,3)13(11-17)9-15(4)8-12-6-5-7-16-10-12/h12-13,17H,5-11H2,1-4H3. The monoisotopic (exact) mass is 259 g/mol. The molecule has 0 spiro atoms. The van der Waals surface area contributed by atoms with Crippen LogP contribution in [-0.4, -0.2) is 44.0 Å². The Kier molecular flexibility index (Phi) is 6.32. The average Bonchev–Trinajstić information content (AvgIpc) is 2.25. The van der Waals surface area contributed by atoms with E-state index in [1.807, 2.05) is 0 Å². The lowest BCUT2D eigenvalue weighted by molar-refractivity contribution is 0.0379. The maximum Gasteiger partial charge on any atom is 0.0506 e. The highest BCUT2D eigenvalue weighted by Crippen LogP contribution is 2.27. The van der Waals surface area contributed by atoms with E-state index in [-0.39, 0.29) is 0 Å². The van der Waals surface area contributed by atoms with E-state index in [0.29, 0.717) is 11.3 Å². The molecule has 1 fully saturated rings. The summed E-state index contributed by atoms with van der Waals surface area (Å²) in [6.45, 7) is 11.2. The Morgan fingerprint density at radius 3 is 2.59 bits per heavy atom. The van der Waals surface area contributed by atoms with E-state index >= 15 is 0 Å². The molecule has 1 aliphatic rings. The maximum atomic E-state index is 5.54. The molecule has 102 valence electrons. The van der Waals surface area contributed by atoms with E-state index in [4.69, 9.17) is 4.74 Å². The molecule has 0 bridgehead atoms. The van der Waals surface area contributed by atoms with Gasteiger partial charge in [0, 0.05) is 19.7 Å². The van der Waals surface area contributed by atoms with Gasteiger partial charge in [-0.15, -0.1) is 0 Å². The van der Waals surface area contributed by atoms with Gasteiger partial charge in [-0.3, -0.25) is 0 Å². The van der Waals surface area contributed by atoms with Gasteiger partial charge in [0.15, 0.2) is 0 Å². The fourth-order valence-corrected chi connectivity index (χ4v) is 3.11. The molecule has 2 atom stereocenters. The van der Waals surface area contributed by atoms with Crippen LogP contribution < -0.4 is 0 Å². The average molecular weight is 259 g/mol. The molecule has 0 aromatic rings. The summed E-state index contributed by atoms with van der Waals surface area (Å²) in [5.41, 5.74) is 0.346. The maximum absolute atomic E-state index is 5.54. The van der Waals surface area contributed by atoms with Gasteiger partial charge in [0.05, 0.1) is 6.61 Å². The molecule has 0 N–H and O–H groups in total. The van der Waals surface area contributed by atoms with Gasteiger partial charge in [-0.2, -0.15) is 12.6 Å². The highest BCUT2D eigenvalue weighted by molar-refractivity contribution is 7.80. The van der Waals surface area contributed by atoms with E-state index in [1.54, 1.807) is 0 Å². The van der Waals surface area contributed by atoms with Crippen molar-refractivity contribution in [3.8, 4) is 0 Å². The van der Waals surface area contributed by atoms with Crippen molar-refractivity contribution in [2.24, 2.45) is 17.3 Å². The summed E-state index contributed by atoms with van der Waals surface area (Å²) in [6, 6.07) is 0. The molecule has 1 aliphatic heterocycles. The van der Waals surface area contributed by atoms with Crippen LogP contribution in [0.2, 0.25) is 0 Å². The number of hydrogen-bond donors (Lipinski definition) is 1. The van der Waals surface area contributed by atoms with Crippen molar-refractivity contribution < 1.29 is 4.74 Å². The van der Waals surface area contributed by atoms with Crippen LogP contribution in [0, 0.1) is 17.3 Å². The van der Waals surface area contributed by atoms with Crippen molar-refractivity contribution in [2.75, 3.05) is 39.1 Å². The molecule has 2 unspecified atom stereocenters. The molecule has 0 amide bonds. The van der Waals surface area contributed by atoms with E-state index in [2.05, 4.69) is 45.3 Å². The molecule has 2 nitrogen and oxygen atoms in total. The van der Waals surface area contributed by atoms with E-state index in [9.17, 15) is 0 Å². The first-order chi connectivity index (χ1) is 7.93. The second kappa shape index (κ2) is 7.01. The zero-order valence-electron chi connectivity index (χ0n) is 11.9. The van der Waals surface area contributed by atoms with Crippen LogP contribution in [0.1, 0.15) is 33.6 Å². The van der Waals surface area contributed by atoms with Crippen molar-refractivity contribution in [2.45, 2.75) is 33.6 Å². The Morgan fingerprint density at radius 1 is 1.41 bits per heavy atom. The molecule has 17 heavy (non-hydrogen) atoms. The molecular formula is C14H29NOS. The van der Waals surface area contributed by atoms with Gasteiger partial charge in [-0.05, 0) is 42.9 Å². The molecule has 3 heteroatoms. The van der Waals surface area contributed by atoms with Crippen molar-refractivity contribution >= 4 is 12.6 Å². The first-order valence-corrected chi connectivity index (χ1v) is 7.44. The van der Waals surface area contributed by atoms with Gasteiger partial charge in [-0.1, -0.05) is 20.8 Å². The Balaban J connectivity index is 2.34. The Hall–Kier alpha value is 0.270. The molecule has 0 aromatic heterocycles. The van der Waals surface area contributed by atoms with Crippen LogP contribution in [0.15, 0.2) is 0 Å². The van der Waals surface area contributed by atoms with E-state index < -0.39 is 0 Å². The summed E-state index contributed by atoms with van der Waals surface area (Å²) in [5.74, 6) is 2.35. The number of nitrogens with zero attached hydrogens (tertiary/aromatic N) is 1. The van der Waals surface area contributed by atoms with Gasteiger partial charge < -0.3 is 9.64 Å². The SMILES string of the molecule is CN(CC1CCCOC1)CC(CS)C(C)(C)C. The first-order valence-electron chi connectivity index (χ1n) is 6.80. The number of hydrogen-bond acceptors (Lipinski definition) is 3. The van der Waals surface area contributed by atoms with Gasteiger partial charge in [0.1, 0.15) is 0 Å². The second-order valence-corrected chi connectivity index (χ2v) is 6.92. The smallest absolute Gasteiger partial charge is 0.0506 e. The van der Waals surface area contributed by atoms with Crippen LogP contribution in [0.4, 0.5) is 0 Å². The van der Waals surface area contributed by atoms with Crippen molar-refractivity contribution in [1.82, 2.24) is 4.90 Å². The van der Waals surface area contributed by atoms with Crippen molar-refractivity contribution in [3.05, 3.63) is 0 Å². The zero-order chi connectivity index (χ0) is 12.9. The molecule has 0 aliphatic carbocycles. The molecule has 1 heterocycles. The molecule has 0 aromatic carbocycles. The van der Waals surface area contributed by atoms with Crippen LogP contribution in [0.3, 0.4) is 0 Å². The fraction of sp³-hybridized carbons (Fsp3) is 1.00. The minimum Gasteiger partial charge on any atom is -0.381 e. The summed E-state index contributed by atoms with van der Waals surface area (Å²) in [6.07, 6.45) is 2.55. The molecule has 0 radical (unpaired) electrons. The number of thiol groups is 1. The molecular weight excluding hydrogens is 230 g/mol. The van der Waals surface area contributed by atoms with Gasteiger partial charge in [0.2, 0.25) is 0 Å². The van der Waals surface area contributed by atoms with Crippen LogP contribution in [0.25, 0.3) is 0 Å². The quantitative estimate of drug-likeness (QED) is 0.762.